The highest BCUT2D eigenvalue weighted by Crippen LogP contribution is 2.26. The Morgan fingerprint density at radius 2 is 1.31 bits per heavy atom. The fourth-order valence-electron chi connectivity index (χ4n) is 3.93. The van der Waals surface area contributed by atoms with Crippen LogP contribution < -0.4 is 4.90 Å². The van der Waals surface area contributed by atoms with Crippen LogP contribution in [0.2, 0.25) is 0 Å². The van der Waals surface area contributed by atoms with Crippen LogP contribution in [0, 0.1) is 5.82 Å². The highest BCUT2D eigenvalue weighted by molar-refractivity contribution is 5.85. The summed E-state index contributed by atoms with van der Waals surface area (Å²) < 4.78 is 18.6. The Kier molecular flexibility index (Phi) is 6.80. The van der Waals surface area contributed by atoms with Gasteiger partial charge in [-0.05, 0) is 35.4 Å². The van der Waals surface area contributed by atoms with E-state index in [-0.39, 0.29) is 18.3 Å². The van der Waals surface area contributed by atoms with Crippen LogP contribution in [0.25, 0.3) is 0 Å². The molecule has 1 aliphatic heterocycles. The standard InChI is InChI=1S/C26H25FN2O3/c27-22-11-13-23(14-12-22)28-15-17-29(18-16-28)24(30)19-32-26(31)25(20-7-3-1-4-8-20)21-9-5-2-6-10-21/h1-14,25H,15-19H2. The number of anilines is 1. The van der Waals surface area contributed by atoms with E-state index in [1.54, 1.807) is 17.0 Å². The molecule has 4 rings (SSSR count). The summed E-state index contributed by atoms with van der Waals surface area (Å²) in [5, 5.41) is 0. The Bertz CT molecular complexity index is 994. The van der Waals surface area contributed by atoms with E-state index < -0.39 is 11.9 Å². The Morgan fingerprint density at radius 1 is 0.781 bits per heavy atom. The maximum Gasteiger partial charge on any atom is 0.318 e. The number of benzene rings is 3. The van der Waals surface area contributed by atoms with Gasteiger partial charge in [0.1, 0.15) is 11.7 Å². The number of carbonyl (C=O) groups is 2. The lowest BCUT2D eigenvalue weighted by Gasteiger charge is -2.36. The third-order valence-corrected chi connectivity index (χ3v) is 5.66. The molecular formula is C26H25FN2O3. The van der Waals surface area contributed by atoms with Crippen molar-refractivity contribution in [2.24, 2.45) is 0 Å². The monoisotopic (exact) mass is 432 g/mol. The number of amides is 1. The molecule has 0 radical (unpaired) electrons. The molecule has 0 unspecified atom stereocenters. The SMILES string of the molecule is O=C(OCC(=O)N1CCN(c2ccc(F)cc2)CC1)C(c1ccccc1)c1ccccc1. The van der Waals surface area contributed by atoms with Crippen molar-refractivity contribution in [3.05, 3.63) is 102 Å². The van der Waals surface area contributed by atoms with Crippen LogP contribution in [-0.4, -0.2) is 49.6 Å². The van der Waals surface area contributed by atoms with Crippen molar-refractivity contribution in [2.45, 2.75) is 5.92 Å². The van der Waals surface area contributed by atoms with Gasteiger partial charge in [-0.15, -0.1) is 0 Å². The van der Waals surface area contributed by atoms with Crippen LogP contribution >= 0.6 is 0 Å². The Morgan fingerprint density at radius 3 is 1.84 bits per heavy atom. The van der Waals surface area contributed by atoms with Gasteiger partial charge in [0.15, 0.2) is 6.61 Å². The van der Waals surface area contributed by atoms with Gasteiger partial charge in [0.2, 0.25) is 0 Å². The van der Waals surface area contributed by atoms with Crippen molar-refractivity contribution >= 4 is 17.6 Å². The van der Waals surface area contributed by atoms with E-state index in [0.717, 1.165) is 16.8 Å². The lowest BCUT2D eigenvalue weighted by Crippen LogP contribution is -2.50. The van der Waals surface area contributed by atoms with E-state index in [9.17, 15) is 14.0 Å². The van der Waals surface area contributed by atoms with Crippen LogP contribution in [0.3, 0.4) is 0 Å². The van der Waals surface area contributed by atoms with E-state index in [1.807, 2.05) is 60.7 Å². The zero-order valence-electron chi connectivity index (χ0n) is 17.7. The second kappa shape index (κ2) is 10.1. The minimum atomic E-state index is -0.583. The third-order valence-electron chi connectivity index (χ3n) is 5.66. The first kappa shape index (κ1) is 21.6. The lowest BCUT2D eigenvalue weighted by atomic mass is 9.91. The van der Waals surface area contributed by atoms with Crippen LogP contribution in [0.4, 0.5) is 10.1 Å². The van der Waals surface area contributed by atoms with Crippen molar-refractivity contribution < 1.29 is 18.7 Å². The molecule has 1 saturated heterocycles. The molecule has 0 aromatic heterocycles. The molecule has 32 heavy (non-hydrogen) atoms. The van der Waals surface area contributed by atoms with Crippen LogP contribution in [0.5, 0.6) is 0 Å². The average Bonchev–Trinajstić information content (AvgIpc) is 2.85. The van der Waals surface area contributed by atoms with Gasteiger partial charge in [0.25, 0.3) is 5.91 Å². The number of hydrogen-bond acceptors (Lipinski definition) is 4. The maximum atomic E-state index is 13.1. The van der Waals surface area contributed by atoms with Gasteiger partial charge >= 0.3 is 5.97 Å². The second-order valence-electron chi connectivity index (χ2n) is 7.71. The minimum Gasteiger partial charge on any atom is -0.455 e. The minimum absolute atomic E-state index is 0.211. The van der Waals surface area contributed by atoms with Crippen molar-refractivity contribution in [2.75, 3.05) is 37.7 Å². The highest BCUT2D eigenvalue weighted by atomic mass is 19.1. The summed E-state index contributed by atoms with van der Waals surface area (Å²) in [5.41, 5.74) is 2.58. The van der Waals surface area contributed by atoms with E-state index in [0.29, 0.717) is 26.2 Å². The molecular weight excluding hydrogens is 407 g/mol. The first-order valence-corrected chi connectivity index (χ1v) is 10.7. The number of ether oxygens (including phenoxy) is 1. The number of piperazine rings is 1. The molecule has 0 aliphatic carbocycles. The Balaban J connectivity index is 1.34. The fraction of sp³-hybridized carbons (Fsp3) is 0.231. The molecule has 5 nitrogen and oxygen atoms in total. The van der Waals surface area contributed by atoms with Gasteiger partial charge in [-0.2, -0.15) is 0 Å². The normalized spacial score (nSPS) is 13.8. The Hall–Kier alpha value is -3.67. The second-order valence-corrected chi connectivity index (χ2v) is 7.71. The quantitative estimate of drug-likeness (QED) is 0.556. The van der Waals surface area contributed by atoms with E-state index >= 15 is 0 Å². The van der Waals surface area contributed by atoms with E-state index in [1.165, 1.54) is 12.1 Å². The van der Waals surface area contributed by atoms with Crippen molar-refractivity contribution in [3.63, 3.8) is 0 Å². The number of halogens is 1. The van der Waals surface area contributed by atoms with Gasteiger partial charge in [0.05, 0.1) is 0 Å². The zero-order valence-corrected chi connectivity index (χ0v) is 17.7. The predicted octanol–water partition coefficient (Wildman–Crippen LogP) is 3.85. The van der Waals surface area contributed by atoms with Gasteiger partial charge in [-0.3, -0.25) is 9.59 Å². The van der Waals surface area contributed by atoms with Gasteiger partial charge < -0.3 is 14.5 Å². The summed E-state index contributed by atoms with van der Waals surface area (Å²) in [6.07, 6.45) is 0. The lowest BCUT2D eigenvalue weighted by molar-refractivity contribution is -0.152. The molecule has 0 N–H and O–H groups in total. The first-order chi connectivity index (χ1) is 15.6. The van der Waals surface area contributed by atoms with Crippen LogP contribution in [0.1, 0.15) is 17.0 Å². The molecule has 1 fully saturated rings. The fourth-order valence-corrected chi connectivity index (χ4v) is 3.93. The summed E-state index contributed by atoms with van der Waals surface area (Å²) in [6, 6.07) is 25.2. The van der Waals surface area contributed by atoms with Crippen LogP contribution in [0.15, 0.2) is 84.9 Å². The van der Waals surface area contributed by atoms with E-state index in [4.69, 9.17) is 4.74 Å². The molecule has 0 saturated carbocycles. The third kappa shape index (κ3) is 5.14. The number of nitrogens with zero attached hydrogens (tertiary/aromatic N) is 2. The Labute approximate surface area is 187 Å². The smallest absolute Gasteiger partial charge is 0.318 e. The largest absolute Gasteiger partial charge is 0.455 e. The number of rotatable bonds is 6. The molecule has 0 spiro atoms. The summed E-state index contributed by atoms with van der Waals surface area (Å²) in [6.45, 7) is 2.04. The number of hydrogen-bond donors (Lipinski definition) is 0. The molecule has 1 heterocycles. The molecule has 1 aliphatic rings. The summed E-state index contributed by atoms with van der Waals surface area (Å²) >= 11 is 0. The summed E-state index contributed by atoms with van der Waals surface area (Å²) in [4.78, 5) is 29.4. The van der Waals surface area contributed by atoms with Crippen LogP contribution in [-0.2, 0) is 14.3 Å². The highest BCUT2D eigenvalue weighted by Gasteiger charge is 2.27. The number of carbonyl (C=O) groups excluding carboxylic acids is 2. The molecule has 3 aromatic carbocycles. The molecule has 3 aromatic rings. The molecule has 1 amide bonds. The maximum absolute atomic E-state index is 13.1. The van der Waals surface area contributed by atoms with Gasteiger partial charge in [-0.25, -0.2) is 4.39 Å². The van der Waals surface area contributed by atoms with Gasteiger partial charge in [0, 0.05) is 31.9 Å². The molecule has 0 atom stereocenters. The van der Waals surface area contributed by atoms with Crippen molar-refractivity contribution in [1.29, 1.82) is 0 Å². The number of esters is 1. The molecule has 0 bridgehead atoms. The predicted molar refractivity (Wildman–Crippen MR) is 121 cm³/mol. The molecule has 164 valence electrons. The summed E-state index contributed by atoms with van der Waals surface area (Å²) in [7, 11) is 0. The topological polar surface area (TPSA) is 49.9 Å². The first-order valence-electron chi connectivity index (χ1n) is 10.7. The molecule has 6 heteroatoms. The van der Waals surface area contributed by atoms with Gasteiger partial charge in [-0.1, -0.05) is 60.7 Å². The van der Waals surface area contributed by atoms with Crippen molar-refractivity contribution in [3.8, 4) is 0 Å². The summed E-state index contributed by atoms with van der Waals surface area (Å²) in [5.74, 6) is -1.51. The average molecular weight is 432 g/mol. The zero-order chi connectivity index (χ0) is 22.3. The van der Waals surface area contributed by atoms with Crippen molar-refractivity contribution in [1.82, 2.24) is 4.90 Å². The van der Waals surface area contributed by atoms with E-state index in [2.05, 4.69) is 4.90 Å².